The Bertz CT molecular complexity index is 765. The first-order valence-electron chi connectivity index (χ1n) is 9.54. The molecule has 5 nitrogen and oxygen atoms in total. The van der Waals surface area contributed by atoms with E-state index in [1.807, 2.05) is 0 Å². The SMILES string of the molecule is O=C1c2ccccc2C(=O)N1CCCN(Cc1cccs1)CC1CCCO1. The number of nitrogens with zero attached hydrogens (tertiary/aromatic N) is 2. The zero-order valence-corrected chi connectivity index (χ0v) is 16.1. The van der Waals surface area contributed by atoms with E-state index >= 15 is 0 Å². The summed E-state index contributed by atoms with van der Waals surface area (Å²) < 4.78 is 5.80. The van der Waals surface area contributed by atoms with Gasteiger partial charge in [0, 0.05) is 37.7 Å². The second kappa shape index (κ2) is 8.33. The van der Waals surface area contributed by atoms with Gasteiger partial charge in [-0.1, -0.05) is 18.2 Å². The van der Waals surface area contributed by atoms with Crippen molar-refractivity contribution in [1.82, 2.24) is 9.80 Å². The molecule has 1 fully saturated rings. The smallest absolute Gasteiger partial charge is 0.261 e. The van der Waals surface area contributed by atoms with Gasteiger partial charge in [-0.3, -0.25) is 19.4 Å². The van der Waals surface area contributed by atoms with Crippen molar-refractivity contribution in [1.29, 1.82) is 0 Å². The van der Waals surface area contributed by atoms with Gasteiger partial charge in [-0.05, 0) is 42.8 Å². The number of imide groups is 1. The van der Waals surface area contributed by atoms with Crippen molar-refractivity contribution in [2.75, 3.05) is 26.2 Å². The van der Waals surface area contributed by atoms with Gasteiger partial charge in [0.25, 0.3) is 11.8 Å². The molecule has 1 saturated heterocycles. The molecule has 27 heavy (non-hydrogen) atoms. The van der Waals surface area contributed by atoms with Crippen molar-refractivity contribution in [2.24, 2.45) is 0 Å². The van der Waals surface area contributed by atoms with E-state index in [2.05, 4.69) is 22.4 Å². The van der Waals surface area contributed by atoms with E-state index < -0.39 is 0 Å². The lowest BCUT2D eigenvalue weighted by Gasteiger charge is -2.25. The van der Waals surface area contributed by atoms with Crippen molar-refractivity contribution in [3.63, 3.8) is 0 Å². The van der Waals surface area contributed by atoms with Crippen LogP contribution in [-0.2, 0) is 11.3 Å². The first-order valence-corrected chi connectivity index (χ1v) is 10.4. The van der Waals surface area contributed by atoms with Gasteiger partial charge < -0.3 is 4.74 Å². The average Bonchev–Trinajstić information content (AvgIpc) is 3.42. The van der Waals surface area contributed by atoms with E-state index in [1.54, 1.807) is 35.6 Å². The summed E-state index contributed by atoms with van der Waals surface area (Å²) in [5, 5.41) is 2.10. The summed E-state index contributed by atoms with van der Waals surface area (Å²) in [4.78, 5) is 30.1. The first kappa shape index (κ1) is 18.3. The molecule has 0 spiro atoms. The molecule has 2 aliphatic heterocycles. The predicted molar refractivity (Wildman–Crippen MR) is 105 cm³/mol. The van der Waals surface area contributed by atoms with Crippen molar-refractivity contribution in [3.05, 3.63) is 57.8 Å². The second-order valence-electron chi connectivity index (χ2n) is 7.11. The quantitative estimate of drug-likeness (QED) is 0.655. The van der Waals surface area contributed by atoms with E-state index in [0.29, 0.717) is 23.8 Å². The van der Waals surface area contributed by atoms with Crippen LogP contribution in [0.1, 0.15) is 44.9 Å². The lowest BCUT2D eigenvalue weighted by atomic mass is 10.1. The van der Waals surface area contributed by atoms with Crippen LogP contribution in [0.2, 0.25) is 0 Å². The van der Waals surface area contributed by atoms with Gasteiger partial charge in [0.1, 0.15) is 0 Å². The van der Waals surface area contributed by atoms with Crippen LogP contribution in [0, 0.1) is 0 Å². The summed E-state index contributed by atoms with van der Waals surface area (Å²) >= 11 is 1.76. The van der Waals surface area contributed by atoms with Crippen LogP contribution in [0.15, 0.2) is 41.8 Å². The number of carbonyl (C=O) groups is 2. The van der Waals surface area contributed by atoms with Gasteiger partial charge in [-0.25, -0.2) is 0 Å². The van der Waals surface area contributed by atoms with Crippen molar-refractivity contribution in [2.45, 2.75) is 31.9 Å². The highest BCUT2D eigenvalue weighted by atomic mass is 32.1. The van der Waals surface area contributed by atoms with Gasteiger partial charge in [-0.2, -0.15) is 0 Å². The fourth-order valence-corrected chi connectivity index (χ4v) is 4.57. The first-order chi connectivity index (χ1) is 13.2. The van der Waals surface area contributed by atoms with Crippen molar-refractivity contribution in [3.8, 4) is 0 Å². The van der Waals surface area contributed by atoms with Crippen LogP contribution in [0.25, 0.3) is 0 Å². The molecule has 2 amide bonds. The number of hydrogen-bond acceptors (Lipinski definition) is 5. The van der Waals surface area contributed by atoms with Gasteiger partial charge in [0.15, 0.2) is 0 Å². The monoisotopic (exact) mass is 384 g/mol. The van der Waals surface area contributed by atoms with Gasteiger partial charge in [0.05, 0.1) is 17.2 Å². The molecule has 2 aliphatic rings. The van der Waals surface area contributed by atoms with Gasteiger partial charge >= 0.3 is 0 Å². The summed E-state index contributed by atoms with van der Waals surface area (Å²) in [6, 6.07) is 11.3. The van der Waals surface area contributed by atoms with E-state index in [9.17, 15) is 9.59 Å². The number of fused-ring (bicyclic) bond motifs is 1. The summed E-state index contributed by atoms with van der Waals surface area (Å²) in [5.41, 5.74) is 1.05. The highest BCUT2D eigenvalue weighted by molar-refractivity contribution is 7.09. The highest BCUT2D eigenvalue weighted by Crippen LogP contribution is 2.23. The zero-order valence-electron chi connectivity index (χ0n) is 15.3. The van der Waals surface area contributed by atoms with E-state index in [-0.39, 0.29) is 11.8 Å². The molecule has 1 aromatic carbocycles. The fraction of sp³-hybridized carbons (Fsp3) is 0.429. The number of amides is 2. The minimum absolute atomic E-state index is 0.167. The van der Waals surface area contributed by atoms with Gasteiger partial charge in [0.2, 0.25) is 0 Å². The molecule has 6 heteroatoms. The lowest BCUT2D eigenvalue weighted by Crippen LogP contribution is -2.36. The number of hydrogen-bond donors (Lipinski definition) is 0. The van der Waals surface area contributed by atoms with E-state index in [1.165, 1.54) is 9.78 Å². The molecule has 1 aromatic heterocycles. The summed E-state index contributed by atoms with van der Waals surface area (Å²) in [6.45, 7) is 3.94. The molecule has 142 valence electrons. The standard InChI is InChI=1S/C21H24N2O3S/c24-20-18-8-1-2-9-19(18)21(25)23(20)11-5-10-22(14-16-6-3-12-26-16)15-17-7-4-13-27-17/h1-2,4,7-9,13,16H,3,5-6,10-12,14-15H2. The molecular weight excluding hydrogens is 360 g/mol. The Morgan fingerprint density at radius 2 is 1.89 bits per heavy atom. The normalized spacial score (nSPS) is 19.3. The molecule has 1 unspecified atom stereocenters. The molecule has 3 heterocycles. The Morgan fingerprint density at radius 3 is 2.52 bits per heavy atom. The Kier molecular flexibility index (Phi) is 5.66. The Labute approximate surface area is 163 Å². The Balaban J connectivity index is 1.35. The third-order valence-corrected chi connectivity index (χ3v) is 6.04. The molecule has 0 saturated carbocycles. The second-order valence-corrected chi connectivity index (χ2v) is 8.14. The third-order valence-electron chi connectivity index (χ3n) is 5.18. The van der Waals surface area contributed by atoms with E-state index in [4.69, 9.17) is 4.74 Å². The maximum atomic E-state index is 12.5. The summed E-state index contributed by atoms with van der Waals surface area (Å²) in [5.74, 6) is -0.334. The molecule has 0 N–H and O–H groups in total. The maximum Gasteiger partial charge on any atom is 0.261 e. The minimum atomic E-state index is -0.167. The van der Waals surface area contributed by atoms with Crippen molar-refractivity contribution < 1.29 is 14.3 Å². The van der Waals surface area contributed by atoms with Gasteiger partial charge in [-0.15, -0.1) is 11.3 Å². The highest BCUT2D eigenvalue weighted by Gasteiger charge is 2.34. The number of rotatable bonds is 8. The zero-order chi connectivity index (χ0) is 18.6. The van der Waals surface area contributed by atoms with Crippen LogP contribution in [0.4, 0.5) is 0 Å². The maximum absolute atomic E-state index is 12.5. The van der Waals surface area contributed by atoms with Crippen LogP contribution >= 0.6 is 11.3 Å². The number of thiophene rings is 1. The predicted octanol–water partition coefficient (Wildman–Crippen LogP) is 3.42. The van der Waals surface area contributed by atoms with Crippen LogP contribution in [-0.4, -0.2) is 54.0 Å². The molecule has 2 aromatic rings. The van der Waals surface area contributed by atoms with Crippen LogP contribution < -0.4 is 0 Å². The average molecular weight is 385 g/mol. The lowest BCUT2D eigenvalue weighted by molar-refractivity contribution is 0.0606. The fourth-order valence-electron chi connectivity index (χ4n) is 3.83. The molecule has 0 aliphatic carbocycles. The topological polar surface area (TPSA) is 49.9 Å². The Hall–Kier alpha value is -2.02. The van der Waals surface area contributed by atoms with Crippen LogP contribution in [0.5, 0.6) is 0 Å². The molecule has 0 radical (unpaired) electrons. The Morgan fingerprint density at radius 1 is 1.11 bits per heavy atom. The van der Waals surface area contributed by atoms with Crippen molar-refractivity contribution >= 4 is 23.2 Å². The molecule has 1 atom stereocenters. The summed E-state index contributed by atoms with van der Waals surface area (Å²) in [7, 11) is 0. The minimum Gasteiger partial charge on any atom is -0.377 e. The number of ether oxygens (including phenoxy) is 1. The largest absolute Gasteiger partial charge is 0.377 e. The third kappa shape index (κ3) is 4.13. The summed E-state index contributed by atoms with van der Waals surface area (Å²) in [6.07, 6.45) is 3.31. The molecule has 0 bridgehead atoms. The number of carbonyl (C=O) groups excluding carboxylic acids is 2. The molecule has 4 rings (SSSR count). The van der Waals surface area contributed by atoms with E-state index in [0.717, 1.165) is 45.5 Å². The number of benzene rings is 1. The van der Waals surface area contributed by atoms with Crippen LogP contribution in [0.3, 0.4) is 0 Å². The molecular formula is C21H24N2O3S.